The fourth-order valence-corrected chi connectivity index (χ4v) is 6.72. The lowest BCUT2D eigenvalue weighted by Crippen LogP contribution is -2.44. The Bertz CT molecular complexity index is 504. The van der Waals surface area contributed by atoms with Crippen molar-refractivity contribution in [3.05, 3.63) is 11.6 Å². The van der Waals surface area contributed by atoms with Crippen molar-refractivity contribution in [1.29, 1.82) is 0 Å². The highest BCUT2D eigenvalue weighted by molar-refractivity contribution is 5.79. The molecule has 0 heterocycles. The van der Waals surface area contributed by atoms with Gasteiger partial charge in [-0.1, -0.05) is 45.8 Å². The average molecular weight is 317 g/mol. The van der Waals surface area contributed by atoms with Gasteiger partial charge in [0.15, 0.2) is 0 Å². The molecule has 0 aromatic rings. The van der Waals surface area contributed by atoms with Crippen LogP contribution in [0.3, 0.4) is 0 Å². The predicted molar refractivity (Wildman–Crippen MR) is 97.2 cm³/mol. The molecule has 2 fully saturated rings. The quantitative estimate of drug-likeness (QED) is 0.568. The summed E-state index contributed by atoms with van der Waals surface area (Å²) in [5.74, 6) is 3.00. The summed E-state index contributed by atoms with van der Waals surface area (Å²) in [7, 11) is 0. The first-order valence-corrected chi connectivity index (χ1v) is 10.0. The van der Waals surface area contributed by atoms with E-state index in [0.29, 0.717) is 17.1 Å². The zero-order valence-corrected chi connectivity index (χ0v) is 16.0. The molecule has 2 saturated carbocycles. The van der Waals surface area contributed by atoms with Gasteiger partial charge in [0.25, 0.3) is 0 Å². The van der Waals surface area contributed by atoms with E-state index in [1.807, 2.05) is 6.92 Å². The van der Waals surface area contributed by atoms with Crippen molar-refractivity contribution in [2.45, 2.75) is 86.0 Å². The Morgan fingerprint density at radius 1 is 1.26 bits per heavy atom. The van der Waals surface area contributed by atoms with E-state index < -0.39 is 0 Å². The van der Waals surface area contributed by atoms with Gasteiger partial charge in [0.2, 0.25) is 0 Å². The lowest BCUT2D eigenvalue weighted by molar-refractivity contribution is -0.125. The molecule has 130 valence electrons. The van der Waals surface area contributed by atoms with Gasteiger partial charge in [0.1, 0.15) is 5.78 Å². The van der Waals surface area contributed by atoms with Crippen molar-refractivity contribution in [3.8, 4) is 0 Å². The molecule has 0 aromatic carbocycles. The first kappa shape index (κ1) is 17.2. The Morgan fingerprint density at radius 2 is 2.00 bits per heavy atom. The third-order valence-electron chi connectivity index (χ3n) is 8.59. The van der Waals surface area contributed by atoms with Crippen LogP contribution in [0, 0.1) is 34.5 Å². The zero-order valence-electron chi connectivity index (χ0n) is 16.0. The molecule has 0 aliphatic heterocycles. The van der Waals surface area contributed by atoms with Crippen LogP contribution < -0.4 is 0 Å². The molecule has 1 nitrogen and oxygen atoms in total. The molecule has 6 atom stereocenters. The molecular formula is C22H36O. The van der Waals surface area contributed by atoms with Crippen LogP contribution >= 0.6 is 0 Å². The predicted octanol–water partition coefficient (Wildman–Crippen LogP) is 6.18. The van der Waals surface area contributed by atoms with E-state index in [1.165, 1.54) is 38.5 Å². The molecule has 0 amide bonds. The molecule has 0 aromatic heterocycles. The lowest BCUT2D eigenvalue weighted by Gasteiger charge is -2.52. The Morgan fingerprint density at radius 3 is 2.65 bits per heavy atom. The number of hydrogen-bond acceptors (Lipinski definition) is 1. The van der Waals surface area contributed by atoms with Gasteiger partial charge in [-0.25, -0.2) is 0 Å². The van der Waals surface area contributed by atoms with E-state index in [4.69, 9.17) is 0 Å². The minimum atomic E-state index is 0.223. The number of fused-ring (bicyclic) bond motifs is 1. The second kappa shape index (κ2) is 6.05. The first-order valence-electron chi connectivity index (χ1n) is 10.0. The average Bonchev–Trinajstić information content (AvgIpc) is 2.87. The molecule has 6 unspecified atom stereocenters. The van der Waals surface area contributed by atoms with Gasteiger partial charge in [-0.2, -0.15) is 0 Å². The van der Waals surface area contributed by atoms with Crippen LogP contribution in [0.2, 0.25) is 0 Å². The SMILES string of the molecule is CCC1(C)C(C(C)=O)CCC1C1CC=C2CCCCC2(C)C1C. The zero-order chi connectivity index (χ0) is 16.8. The Labute approximate surface area is 143 Å². The number of ketones is 1. The van der Waals surface area contributed by atoms with Gasteiger partial charge >= 0.3 is 0 Å². The summed E-state index contributed by atoms with van der Waals surface area (Å²) in [5, 5.41) is 0. The highest BCUT2D eigenvalue weighted by Crippen LogP contribution is 2.61. The summed E-state index contributed by atoms with van der Waals surface area (Å²) < 4.78 is 0. The normalized spacial score (nSPS) is 47.1. The van der Waals surface area contributed by atoms with Gasteiger partial charge < -0.3 is 0 Å². The minimum Gasteiger partial charge on any atom is -0.300 e. The lowest BCUT2D eigenvalue weighted by atomic mass is 9.53. The largest absolute Gasteiger partial charge is 0.300 e. The van der Waals surface area contributed by atoms with Gasteiger partial charge in [-0.05, 0) is 80.5 Å². The Balaban J connectivity index is 1.90. The van der Waals surface area contributed by atoms with Gasteiger partial charge in [0, 0.05) is 5.92 Å². The summed E-state index contributed by atoms with van der Waals surface area (Å²) in [4.78, 5) is 12.2. The summed E-state index contributed by atoms with van der Waals surface area (Å²) in [6, 6.07) is 0. The van der Waals surface area contributed by atoms with Crippen LogP contribution in [0.5, 0.6) is 0 Å². The fraction of sp³-hybridized carbons (Fsp3) is 0.864. The topological polar surface area (TPSA) is 17.1 Å². The van der Waals surface area contributed by atoms with Crippen molar-refractivity contribution >= 4 is 5.78 Å². The molecule has 0 saturated heterocycles. The second-order valence-electron chi connectivity index (χ2n) is 9.25. The van der Waals surface area contributed by atoms with Gasteiger partial charge in [-0.3, -0.25) is 4.79 Å². The molecular weight excluding hydrogens is 280 g/mol. The van der Waals surface area contributed by atoms with E-state index >= 15 is 0 Å². The van der Waals surface area contributed by atoms with Crippen LogP contribution in [-0.2, 0) is 4.79 Å². The number of Topliss-reactive ketones (excluding diaryl/α,β-unsaturated/α-hetero) is 1. The molecule has 23 heavy (non-hydrogen) atoms. The van der Waals surface area contributed by atoms with Crippen LogP contribution in [0.25, 0.3) is 0 Å². The number of carbonyl (C=O) groups is 1. The van der Waals surface area contributed by atoms with Crippen LogP contribution in [0.15, 0.2) is 11.6 Å². The van der Waals surface area contributed by atoms with Crippen LogP contribution in [0.1, 0.15) is 86.0 Å². The monoisotopic (exact) mass is 316 g/mol. The van der Waals surface area contributed by atoms with Crippen LogP contribution in [0.4, 0.5) is 0 Å². The number of allylic oxidation sites excluding steroid dienone is 2. The number of rotatable bonds is 3. The molecule has 1 heteroatoms. The van der Waals surface area contributed by atoms with Gasteiger partial charge in [0.05, 0.1) is 0 Å². The van der Waals surface area contributed by atoms with Crippen molar-refractivity contribution in [1.82, 2.24) is 0 Å². The maximum Gasteiger partial charge on any atom is 0.133 e. The molecule has 3 rings (SSSR count). The highest BCUT2D eigenvalue weighted by atomic mass is 16.1. The smallest absolute Gasteiger partial charge is 0.133 e. The number of hydrogen-bond donors (Lipinski definition) is 0. The highest BCUT2D eigenvalue weighted by Gasteiger charge is 2.54. The standard InChI is InChI=1S/C22H36O/c1-6-21(4)19(16(3)23)12-13-20(21)18-11-10-17-9-7-8-14-22(17,5)15(18)2/h10,15,18-20H,6-9,11-14H2,1-5H3. The summed E-state index contributed by atoms with van der Waals surface area (Å²) >= 11 is 0. The van der Waals surface area contributed by atoms with E-state index in [0.717, 1.165) is 30.6 Å². The summed E-state index contributed by atoms with van der Waals surface area (Å²) in [5.41, 5.74) is 2.41. The number of carbonyl (C=O) groups excluding carboxylic acids is 1. The first-order chi connectivity index (χ1) is 10.8. The van der Waals surface area contributed by atoms with Crippen molar-refractivity contribution < 1.29 is 4.79 Å². The molecule has 0 N–H and O–H groups in total. The van der Waals surface area contributed by atoms with Crippen LogP contribution in [-0.4, -0.2) is 5.78 Å². The van der Waals surface area contributed by atoms with E-state index in [-0.39, 0.29) is 5.41 Å². The fourth-order valence-electron chi connectivity index (χ4n) is 6.72. The Kier molecular flexibility index (Phi) is 4.53. The molecule has 0 radical (unpaired) electrons. The van der Waals surface area contributed by atoms with Crippen molar-refractivity contribution in [2.75, 3.05) is 0 Å². The molecule has 3 aliphatic carbocycles. The summed E-state index contributed by atoms with van der Waals surface area (Å²) in [6.07, 6.45) is 12.9. The molecule has 0 bridgehead atoms. The van der Waals surface area contributed by atoms with Crippen molar-refractivity contribution in [2.24, 2.45) is 34.5 Å². The maximum atomic E-state index is 12.2. The van der Waals surface area contributed by atoms with E-state index in [2.05, 4.69) is 33.8 Å². The van der Waals surface area contributed by atoms with E-state index in [1.54, 1.807) is 5.57 Å². The third kappa shape index (κ3) is 2.53. The minimum absolute atomic E-state index is 0.223. The van der Waals surface area contributed by atoms with Gasteiger partial charge in [-0.15, -0.1) is 0 Å². The summed E-state index contributed by atoms with van der Waals surface area (Å²) in [6.45, 7) is 11.6. The maximum absolute atomic E-state index is 12.2. The Hall–Kier alpha value is -0.590. The third-order valence-corrected chi connectivity index (χ3v) is 8.59. The molecule has 0 spiro atoms. The second-order valence-corrected chi connectivity index (χ2v) is 9.25. The van der Waals surface area contributed by atoms with Crippen molar-refractivity contribution in [3.63, 3.8) is 0 Å². The van der Waals surface area contributed by atoms with E-state index in [9.17, 15) is 4.79 Å². The molecule has 3 aliphatic rings.